The van der Waals surface area contributed by atoms with Gasteiger partial charge in [0.25, 0.3) is 5.91 Å². The van der Waals surface area contributed by atoms with Crippen LogP contribution in [0, 0.1) is 6.92 Å². The van der Waals surface area contributed by atoms with Gasteiger partial charge in [0.15, 0.2) is 6.61 Å². The van der Waals surface area contributed by atoms with E-state index in [1.165, 1.54) is 0 Å². The summed E-state index contributed by atoms with van der Waals surface area (Å²) in [5.41, 5.74) is 2.84. The number of aryl methyl sites for hydroxylation is 2. The monoisotopic (exact) mass is 383 g/mol. The molecule has 7 nitrogen and oxygen atoms in total. The first-order chi connectivity index (χ1) is 13.6. The van der Waals surface area contributed by atoms with Gasteiger partial charge >= 0.3 is 0 Å². The second-order valence-electron chi connectivity index (χ2n) is 7.09. The van der Waals surface area contributed by atoms with Gasteiger partial charge < -0.3 is 19.9 Å². The van der Waals surface area contributed by atoms with Gasteiger partial charge in [-0.2, -0.15) is 0 Å². The number of ether oxygens (including phenoxy) is 1. The number of pyridine rings is 2. The number of likely N-dealkylation sites (N-methyl/N-ethyl adjacent to an activating group) is 1. The Balaban J connectivity index is 1.55. The van der Waals surface area contributed by atoms with E-state index in [0.29, 0.717) is 12.3 Å². The predicted octanol–water partition coefficient (Wildman–Crippen LogP) is 1.79. The Hall–Kier alpha value is -2.67. The number of carbonyl (C=O) groups excluding carboxylic acids is 1. The second kappa shape index (κ2) is 9.50. The van der Waals surface area contributed by atoms with E-state index in [1.807, 2.05) is 38.1 Å². The lowest BCUT2D eigenvalue weighted by molar-refractivity contribution is -0.123. The normalized spacial score (nSPS) is 14.8. The average molecular weight is 383 g/mol. The third-order valence-electron chi connectivity index (χ3n) is 4.91. The number of piperazine rings is 1. The molecule has 0 spiro atoms. The highest BCUT2D eigenvalue weighted by Gasteiger charge is 2.18. The Kier molecular flexibility index (Phi) is 6.81. The summed E-state index contributed by atoms with van der Waals surface area (Å²) in [4.78, 5) is 25.9. The van der Waals surface area contributed by atoms with Crippen molar-refractivity contribution >= 4 is 11.7 Å². The Bertz CT molecular complexity index is 803. The Morgan fingerprint density at radius 1 is 1.21 bits per heavy atom. The SMILES string of the molecule is CCc1nc(C)ccc1OCC(=O)NCc1cccnc1N1CCN(C)CC1. The molecule has 7 heteroatoms. The van der Waals surface area contributed by atoms with Crippen molar-refractivity contribution in [3.8, 4) is 5.75 Å². The number of amides is 1. The quantitative estimate of drug-likeness (QED) is 0.786. The zero-order valence-electron chi connectivity index (χ0n) is 16.9. The van der Waals surface area contributed by atoms with Crippen LogP contribution in [0.1, 0.15) is 23.9 Å². The van der Waals surface area contributed by atoms with Gasteiger partial charge in [0, 0.05) is 50.2 Å². The number of carbonyl (C=O) groups is 1. The maximum atomic E-state index is 12.3. The van der Waals surface area contributed by atoms with Crippen molar-refractivity contribution in [2.75, 3.05) is 44.7 Å². The molecule has 0 bridgehead atoms. The van der Waals surface area contributed by atoms with Crippen LogP contribution in [0.3, 0.4) is 0 Å². The fourth-order valence-corrected chi connectivity index (χ4v) is 3.24. The summed E-state index contributed by atoms with van der Waals surface area (Å²) in [6, 6.07) is 7.69. The smallest absolute Gasteiger partial charge is 0.258 e. The Morgan fingerprint density at radius 2 is 2.00 bits per heavy atom. The van der Waals surface area contributed by atoms with Gasteiger partial charge in [-0.1, -0.05) is 13.0 Å². The van der Waals surface area contributed by atoms with Crippen molar-refractivity contribution in [1.82, 2.24) is 20.2 Å². The summed E-state index contributed by atoms with van der Waals surface area (Å²) in [7, 11) is 2.13. The number of anilines is 1. The minimum atomic E-state index is -0.157. The van der Waals surface area contributed by atoms with E-state index in [2.05, 4.69) is 32.1 Å². The maximum Gasteiger partial charge on any atom is 0.258 e. The van der Waals surface area contributed by atoms with E-state index in [-0.39, 0.29) is 12.5 Å². The fraction of sp³-hybridized carbons (Fsp3) is 0.476. The third-order valence-corrected chi connectivity index (χ3v) is 4.91. The van der Waals surface area contributed by atoms with Gasteiger partial charge in [0.1, 0.15) is 11.6 Å². The van der Waals surface area contributed by atoms with Crippen molar-refractivity contribution < 1.29 is 9.53 Å². The molecule has 0 aromatic carbocycles. The first-order valence-electron chi connectivity index (χ1n) is 9.80. The topological polar surface area (TPSA) is 70.6 Å². The zero-order chi connectivity index (χ0) is 19.9. The van der Waals surface area contributed by atoms with Crippen LogP contribution in [0.5, 0.6) is 5.75 Å². The molecule has 2 aromatic rings. The van der Waals surface area contributed by atoms with E-state index in [9.17, 15) is 4.79 Å². The lowest BCUT2D eigenvalue weighted by Crippen LogP contribution is -2.45. The van der Waals surface area contributed by atoms with Gasteiger partial charge in [-0.3, -0.25) is 9.78 Å². The summed E-state index contributed by atoms with van der Waals surface area (Å²) >= 11 is 0. The number of nitrogens with one attached hydrogen (secondary N) is 1. The molecule has 1 saturated heterocycles. The van der Waals surface area contributed by atoms with Crippen LogP contribution in [-0.4, -0.2) is 60.6 Å². The largest absolute Gasteiger partial charge is 0.482 e. The molecule has 1 aliphatic rings. The van der Waals surface area contributed by atoms with Crippen molar-refractivity contribution in [2.24, 2.45) is 0 Å². The first-order valence-corrected chi connectivity index (χ1v) is 9.80. The Morgan fingerprint density at radius 3 is 2.75 bits per heavy atom. The molecule has 2 aromatic heterocycles. The highest BCUT2D eigenvalue weighted by molar-refractivity contribution is 5.77. The molecule has 0 radical (unpaired) electrons. The Labute approximate surface area is 166 Å². The summed E-state index contributed by atoms with van der Waals surface area (Å²) in [5, 5.41) is 2.94. The van der Waals surface area contributed by atoms with Crippen LogP contribution >= 0.6 is 0 Å². The molecule has 3 heterocycles. The molecule has 1 N–H and O–H groups in total. The number of aromatic nitrogens is 2. The molecule has 0 atom stereocenters. The van der Waals surface area contributed by atoms with E-state index in [4.69, 9.17) is 4.74 Å². The van der Waals surface area contributed by atoms with E-state index in [1.54, 1.807) is 6.20 Å². The van der Waals surface area contributed by atoms with Gasteiger partial charge in [-0.25, -0.2) is 4.98 Å². The fourth-order valence-electron chi connectivity index (χ4n) is 3.24. The molecule has 0 aliphatic carbocycles. The van der Waals surface area contributed by atoms with Crippen molar-refractivity contribution in [3.63, 3.8) is 0 Å². The van der Waals surface area contributed by atoms with Gasteiger partial charge in [0.2, 0.25) is 0 Å². The average Bonchev–Trinajstić information content (AvgIpc) is 2.72. The number of nitrogens with zero attached hydrogens (tertiary/aromatic N) is 4. The summed E-state index contributed by atoms with van der Waals surface area (Å²) in [6.45, 7) is 8.29. The molecule has 1 aliphatic heterocycles. The number of hydrogen-bond donors (Lipinski definition) is 1. The number of hydrogen-bond acceptors (Lipinski definition) is 6. The van der Waals surface area contributed by atoms with Gasteiger partial charge in [-0.05, 0) is 38.6 Å². The highest BCUT2D eigenvalue weighted by atomic mass is 16.5. The maximum absolute atomic E-state index is 12.3. The molecule has 0 unspecified atom stereocenters. The van der Waals surface area contributed by atoms with Crippen LogP contribution in [0.15, 0.2) is 30.5 Å². The summed E-state index contributed by atoms with van der Waals surface area (Å²) < 4.78 is 5.69. The van der Waals surface area contributed by atoms with Crippen LogP contribution in [0.4, 0.5) is 5.82 Å². The molecule has 1 fully saturated rings. The highest BCUT2D eigenvalue weighted by Crippen LogP contribution is 2.19. The van der Waals surface area contributed by atoms with E-state index >= 15 is 0 Å². The molecular formula is C21H29N5O2. The molecule has 150 valence electrons. The van der Waals surface area contributed by atoms with Crippen molar-refractivity contribution in [2.45, 2.75) is 26.8 Å². The minimum Gasteiger partial charge on any atom is -0.482 e. The lowest BCUT2D eigenvalue weighted by atomic mass is 10.2. The summed E-state index contributed by atoms with van der Waals surface area (Å²) in [5.74, 6) is 1.46. The molecule has 3 rings (SSSR count). The van der Waals surface area contributed by atoms with Crippen LogP contribution < -0.4 is 15.0 Å². The minimum absolute atomic E-state index is 0.0259. The molecule has 28 heavy (non-hydrogen) atoms. The van der Waals surface area contributed by atoms with Gasteiger partial charge in [0.05, 0.1) is 5.69 Å². The van der Waals surface area contributed by atoms with Crippen LogP contribution in [-0.2, 0) is 17.8 Å². The van der Waals surface area contributed by atoms with E-state index in [0.717, 1.165) is 55.4 Å². The molecule has 0 saturated carbocycles. The predicted molar refractivity (Wildman–Crippen MR) is 110 cm³/mol. The molecule has 1 amide bonds. The standard InChI is InChI=1S/C21H29N5O2/c1-4-18-19(8-7-16(2)24-18)28-15-20(27)23-14-17-6-5-9-22-21(17)26-12-10-25(3)11-13-26/h5-9H,4,10-15H2,1-3H3,(H,23,27). The first kappa shape index (κ1) is 20.1. The van der Waals surface area contributed by atoms with Gasteiger partial charge in [-0.15, -0.1) is 0 Å². The summed E-state index contributed by atoms with van der Waals surface area (Å²) in [6.07, 6.45) is 2.57. The number of rotatable bonds is 7. The van der Waals surface area contributed by atoms with Crippen molar-refractivity contribution in [3.05, 3.63) is 47.4 Å². The molecular weight excluding hydrogens is 354 g/mol. The van der Waals surface area contributed by atoms with Crippen molar-refractivity contribution in [1.29, 1.82) is 0 Å². The second-order valence-corrected chi connectivity index (χ2v) is 7.09. The van der Waals surface area contributed by atoms with Crippen LogP contribution in [0.2, 0.25) is 0 Å². The third kappa shape index (κ3) is 5.19. The van der Waals surface area contributed by atoms with E-state index < -0.39 is 0 Å². The zero-order valence-corrected chi connectivity index (χ0v) is 16.9. The lowest BCUT2D eigenvalue weighted by Gasteiger charge is -2.34. The van der Waals surface area contributed by atoms with Crippen LogP contribution in [0.25, 0.3) is 0 Å².